The first-order valence-electron chi connectivity index (χ1n) is 3.54. The number of hydrogen-bond donors (Lipinski definition) is 0. The lowest BCUT2D eigenvalue weighted by molar-refractivity contribution is -0.140. The number of nitrogens with zero attached hydrogens (tertiary/aromatic N) is 1. The van der Waals surface area contributed by atoms with Crippen molar-refractivity contribution in [2.24, 2.45) is 0 Å². The van der Waals surface area contributed by atoms with Gasteiger partial charge < -0.3 is 0 Å². The van der Waals surface area contributed by atoms with Crippen molar-refractivity contribution >= 4 is 34.4 Å². The zero-order valence-electron chi connectivity index (χ0n) is 6.50. The summed E-state index contributed by atoms with van der Waals surface area (Å²) in [6.07, 6.45) is 0.373. The molecule has 1 rings (SSSR count). The van der Waals surface area contributed by atoms with Crippen LogP contribution in [0.2, 0.25) is 0 Å². The molecule has 0 bridgehead atoms. The van der Waals surface area contributed by atoms with Gasteiger partial charge in [0.15, 0.2) is 0 Å². The van der Waals surface area contributed by atoms with Crippen LogP contribution in [-0.2, 0) is 9.59 Å². The van der Waals surface area contributed by atoms with Gasteiger partial charge in [0.05, 0.1) is 3.92 Å². The van der Waals surface area contributed by atoms with Crippen molar-refractivity contribution in [1.29, 1.82) is 0 Å². The maximum atomic E-state index is 11.3. The van der Waals surface area contributed by atoms with Gasteiger partial charge in [-0.3, -0.25) is 14.5 Å². The molecule has 1 saturated heterocycles. The van der Waals surface area contributed by atoms with E-state index in [1.54, 1.807) is 0 Å². The standard InChI is InChI=1S/C7H10INO2/c1-4(2)9-6(10)3-5(8)7(9)11/h4-5H,3H2,1-2H3. The Morgan fingerprint density at radius 3 is 2.27 bits per heavy atom. The molecule has 1 unspecified atom stereocenters. The summed E-state index contributed by atoms with van der Waals surface area (Å²) in [5.74, 6) is -0.0741. The number of likely N-dealkylation sites (tertiary alicyclic amines) is 1. The number of carbonyl (C=O) groups is 2. The number of amides is 2. The highest BCUT2D eigenvalue weighted by atomic mass is 127. The first-order valence-corrected chi connectivity index (χ1v) is 4.78. The van der Waals surface area contributed by atoms with Crippen molar-refractivity contribution in [3.63, 3.8) is 0 Å². The van der Waals surface area contributed by atoms with Crippen LogP contribution in [0.15, 0.2) is 0 Å². The van der Waals surface area contributed by atoms with Crippen molar-refractivity contribution in [1.82, 2.24) is 4.90 Å². The highest BCUT2D eigenvalue weighted by molar-refractivity contribution is 14.1. The van der Waals surface area contributed by atoms with E-state index in [9.17, 15) is 9.59 Å². The van der Waals surface area contributed by atoms with Crippen molar-refractivity contribution in [3.8, 4) is 0 Å². The van der Waals surface area contributed by atoms with E-state index in [0.717, 1.165) is 0 Å². The maximum absolute atomic E-state index is 11.3. The van der Waals surface area contributed by atoms with E-state index in [-0.39, 0.29) is 21.8 Å². The number of carbonyl (C=O) groups excluding carboxylic acids is 2. The molecule has 11 heavy (non-hydrogen) atoms. The largest absolute Gasteiger partial charge is 0.279 e. The average molecular weight is 267 g/mol. The Morgan fingerprint density at radius 1 is 1.55 bits per heavy atom. The number of rotatable bonds is 1. The molecule has 62 valence electrons. The second-order valence-corrected chi connectivity index (χ2v) is 4.37. The highest BCUT2D eigenvalue weighted by Crippen LogP contribution is 2.21. The summed E-state index contributed by atoms with van der Waals surface area (Å²) >= 11 is 2.01. The van der Waals surface area contributed by atoms with Crippen molar-refractivity contribution in [2.45, 2.75) is 30.2 Å². The Bertz CT molecular complexity index is 203. The topological polar surface area (TPSA) is 37.4 Å². The van der Waals surface area contributed by atoms with Gasteiger partial charge in [0.1, 0.15) is 0 Å². The molecule has 0 aromatic rings. The summed E-state index contributed by atoms with van der Waals surface area (Å²) in [5.41, 5.74) is 0. The summed E-state index contributed by atoms with van der Waals surface area (Å²) in [6.45, 7) is 3.70. The fraction of sp³-hybridized carbons (Fsp3) is 0.714. The molecule has 3 nitrogen and oxygen atoms in total. The van der Waals surface area contributed by atoms with Crippen LogP contribution in [0.1, 0.15) is 20.3 Å². The Labute approximate surface area is 79.3 Å². The SMILES string of the molecule is CC(C)N1C(=O)CC(I)C1=O. The van der Waals surface area contributed by atoms with Crippen molar-refractivity contribution < 1.29 is 9.59 Å². The summed E-state index contributed by atoms with van der Waals surface area (Å²) in [7, 11) is 0. The minimum Gasteiger partial charge on any atom is -0.279 e. The second kappa shape index (κ2) is 3.08. The predicted molar refractivity (Wildman–Crippen MR) is 49.4 cm³/mol. The third-order valence-corrected chi connectivity index (χ3v) is 2.62. The van der Waals surface area contributed by atoms with Gasteiger partial charge in [-0.2, -0.15) is 0 Å². The first-order chi connectivity index (χ1) is 5.04. The zero-order valence-corrected chi connectivity index (χ0v) is 8.66. The molecule has 1 aliphatic rings. The second-order valence-electron chi connectivity index (χ2n) is 2.87. The summed E-state index contributed by atoms with van der Waals surface area (Å²) in [5, 5.41) is 0. The minimum atomic E-state index is -0.137. The van der Waals surface area contributed by atoms with E-state index in [0.29, 0.717) is 6.42 Å². The van der Waals surface area contributed by atoms with Crippen molar-refractivity contribution in [3.05, 3.63) is 0 Å². The quantitative estimate of drug-likeness (QED) is 0.403. The Balaban J connectivity index is 2.80. The lowest BCUT2D eigenvalue weighted by atomic mass is 10.3. The van der Waals surface area contributed by atoms with Gasteiger partial charge in [-0.15, -0.1) is 0 Å². The monoisotopic (exact) mass is 267 g/mol. The molecule has 1 fully saturated rings. The minimum absolute atomic E-state index is 0.00904. The fourth-order valence-corrected chi connectivity index (χ4v) is 1.83. The predicted octanol–water partition coefficient (Wildman–Crippen LogP) is 0.957. The Hall–Kier alpha value is -0.130. The smallest absolute Gasteiger partial charge is 0.242 e. The molecule has 0 aliphatic carbocycles. The Morgan fingerprint density at radius 2 is 2.09 bits per heavy atom. The Kier molecular flexibility index (Phi) is 2.51. The summed E-state index contributed by atoms with van der Waals surface area (Å²) in [6, 6.07) is 0.00904. The van der Waals surface area contributed by atoms with Gasteiger partial charge in [-0.05, 0) is 13.8 Å². The van der Waals surface area contributed by atoms with E-state index in [4.69, 9.17) is 0 Å². The van der Waals surface area contributed by atoms with Crippen LogP contribution < -0.4 is 0 Å². The lowest BCUT2D eigenvalue weighted by Crippen LogP contribution is -2.36. The molecule has 2 amide bonds. The van der Waals surface area contributed by atoms with Crippen LogP contribution in [-0.4, -0.2) is 26.7 Å². The van der Waals surface area contributed by atoms with Crippen LogP contribution in [0.5, 0.6) is 0 Å². The third kappa shape index (κ3) is 1.55. The van der Waals surface area contributed by atoms with Gasteiger partial charge in [-0.25, -0.2) is 0 Å². The molecule has 1 atom stereocenters. The fourth-order valence-electron chi connectivity index (χ4n) is 1.16. The lowest BCUT2D eigenvalue weighted by Gasteiger charge is -2.17. The molecule has 0 saturated carbocycles. The van der Waals surface area contributed by atoms with Gasteiger partial charge in [0, 0.05) is 12.5 Å². The first kappa shape index (κ1) is 8.96. The maximum Gasteiger partial charge on any atom is 0.242 e. The van der Waals surface area contributed by atoms with Gasteiger partial charge in [0.25, 0.3) is 0 Å². The third-order valence-electron chi connectivity index (χ3n) is 1.64. The molecule has 0 aromatic carbocycles. The van der Waals surface area contributed by atoms with Crippen LogP contribution in [0, 0.1) is 0 Å². The van der Waals surface area contributed by atoms with Gasteiger partial charge in [-0.1, -0.05) is 22.6 Å². The molecule has 0 radical (unpaired) electrons. The van der Waals surface area contributed by atoms with Crippen molar-refractivity contribution in [2.75, 3.05) is 0 Å². The summed E-state index contributed by atoms with van der Waals surface area (Å²) < 4.78 is -0.137. The van der Waals surface area contributed by atoms with Crippen LogP contribution >= 0.6 is 22.6 Å². The van der Waals surface area contributed by atoms with Crippen LogP contribution in [0.3, 0.4) is 0 Å². The summed E-state index contributed by atoms with van der Waals surface area (Å²) in [4.78, 5) is 23.7. The number of imide groups is 1. The molecule has 4 heteroatoms. The molecule has 0 aromatic heterocycles. The zero-order chi connectivity index (χ0) is 8.59. The van der Waals surface area contributed by atoms with E-state index in [2.05, 4.69) is 0 Å². The van der Waals surface area contributed by atoms with Gasteiger partial charge >= 0.3 is 0 Å². The van der Waals surface area contributed by atoms with E-state index in [1.807, 2.05) is 36.4 Å². The van der Waals surface area contributed by atoms with Crippen LogP contribution in [0.25, 0.3) is 0 Å². The van der Waals surface area contributed by atoms with E-state index in [1.165, 1.54) is 4.90 Å². The molecule has 1 aliphatic heterocycles. The number of hydrogen-bond acceptors (Lipinski definition) is 2. The highest BCUT2D eigenvalue weighted by Gasteiger charge is 2.37. The van der Waals surface area contributed by atoms with Gasteiger partial charge in [0.2, 0.25) is 11.8 Å². The van der Waals surface area contributed by atoms with Crippen LogP contribution in [0.4, 0.5) is 0 Å². The molecule has 0 N–H and O–H groups in total. The molecule has 0 spiro atoms. The van der Waals surface area contributed by atoms with E-state index >= 15 is 0 Å². The average Bonchev–Trinajstić information content (AvgIpc) is 2.07. The molecular weight excluding hydrogens is 257 g/mol. The number of halogens is 1. The molecule has 1 heterocycles. The van der Waals surface area contributed by atoms with E-state index < -0.39 is 0 Å². The molecular formula is C7H10INO2. The normalized spacial score (nSPS) is 25.5. The number of alkyl halides is 1.